The van der Waals surface area contributed by atoms with Crippen LogP contribution < -0.4 is 9.47 Å². The number of methoxy groups -OCH3 is 2. The van der Waals surface area contributed by atoms with Crippen LogP contribution in [0.1, 0.15) is 36.5 Å². The highest BCUT2D eigenvalue weighted by molar-refractivity contribution is 7.99. The van der Waals surface area contributed by atoms with Gasteiger partial charge in [-0.1, -0.05) is 25.6 Å². The van der Waals surface area contributed by atoms with Crippen LogP contribution in [0.2, 0.25) is 0 Å². The van der Waals surface area contributed by atoms with E-state index in [1.54, 1.807) is 26.0 Å². The molecule has 0 aliphatic rings. The largest absolute Gasteiger partial charge is 0.497 e. The molecule has 2 rings (SSSR count). The van der Waals surface area contributed by atoms with Gasteiger partial charge in [0.1, 0.15) is 11.5 Å². The number of rotatable bonds is 5. The minimum absolute atomic E-state index is 0.438. The lowest BCUT2D eigenvalue weighted by atomic mass is 10.0. The zero-order valence-electron chi connectivity index (χ0n) is 14.2. The fraction of sp³-hybridized carbons (Fsp3) is 0.368. The van der Waals surface area contributed by atoms with Gasteiger partial charge < -0.3 is 9.47 Å². The van der Waals surface area contributed by atoms with Gasteiger partial charge in [-0.3, -0.25) is 0 Å². The molecule has 22 heavy (non-hydrogen) atoms. The molecule has 0 unspecified atom stereocenters. The second kappa shape index (κ2) is 7.10. The first-order chi connectivity index (χ1) is 10.5. The summed E-state index contributed by atoms with van der Waals surface area (Å²) in [5.41, 5.74) is 3.73. The van der Waals surface area contributed by atoms with Crippen molar-refractivity contribution in [3.05, 3.63) is 47.0 Å². The Morgan fingerprint density at radius 3 is 2.05 bits per heavy atom. The lowest BCUT2D eigenvalue weighted by Crippen LogP contribution is -1.95. The Labute approximate surface area is 137 Å². The van der Waals surface area contributed by atoms with Crippen molar-refractivity contribution in [2.75, 3.05) is 14.2 Å². The van der Waals surface area contributed by atoms with E-state index in [0.717, 1.165) is 11.5 Å². The Morgan fingerprint density at radius 2 is 1.55 bits per heavy atom. The van der Waals surface area contributed by atoms with E-state index >= 15 is 0 Å². The number of hydrogen-bond donors (Lipinski definition) is 0. The Kier molecular flexibility index (Phi) is 5.41. The van der Waals surface area contributed by atoms with Gasteiger partial charge in [0.05, 0.1) is 14.2 Å². The first kappa shape index (κ1) is 16.8. The van der Waals surface area contributed by atoms with Crippen molar-refractivity contribution in [2.45, 2.75) is 43.4 Å². The minimum Gasteiger partial charge on any atom is -0.497 e. The summed E-state index contributed by atoms with van der Waals surface area (Å²) in [4.78, 5) is 2.53. The Bertz CT molecular complexity index is 639. The summed E-state index contributed by atoms with van der Waals surface area (Å²) >= 11 is 1.80. The molecule has 0 spiro atoms. The van der Waals surface area contributed by atoms with Crippen LogP contribution in [0.3, 0.4) is 0 Å². The summed E-state index contributed by atoms with van der Waals surface area (Å²) in [6.07, 6.45) is 0. The lowest BCUT2D eigenvalue weighted by Gasteiger charge is -2.15. The molecular formula is C19H24O2S. The molecule has 3 heteroatoms. The van der Waals surface area contributed by atoms with Crippen LogP contribution in [-0.4, -0.2) is 14.2 Å². The first-order valence-electron chi connectivity index (χ1n) is 7.47. The maximum absolute atomic E-state index is 5.46. The molecule has 2 nitrogen and oxygen atoms in total. The Hall–Kier alpha value is -1.61. The van der Waals surface area contributed by atoms with Gasteiger partial charge in [0.2, 0.25) is 0 Å². The molecule has 0 fully saturated rings. The summed E-state index contributed by atoms with van der Waals surface area (Å²) < 4.78 is 10.8. The summed E-state index contributed by atoms with van der Waals surface area (Å²) in [5, 5.41) is 0. The number of hydrogen-bond acceptors (Lipinski definition) is 3. The lowest BCUT2D eigenvalue weighted by molar-refractivity contribution is 0.407. The molecule has 0 atom stereocenters. The topological polar surface area (TPSA) is 18.5 Å². The van der Waals surface area contributed by atoms with E-state index < -0.39 is 0 Å². The predicted octanol–water partition coefficient (Wildman–Crippen LogP) is 5.60. The van der Waals surface area contributed by atoms with Crippen LogP contribution in [0.25, 0.3) is 0 Å². The number of ether oxygens (including phenoxy) is 2. The molecule has 2 aromatic rings. The molecule has 0 aliphatic carbocycles. The SMILES string of the molecule is COc1cc(C)c(Sc2ccc(OC)c(C(C)C)c2)c(C)c1. The second-order valence-corrected chi connectivity index (χ2v) is 6.83. The summed E-state index contributed by atoms with van der Waals surface area (Å²) in [7, 11) is 3.44. The average molecular weight is 316 g/mol. The van der Waals surface area contributed by atoms with Crippen LogP contribution >= 0.6 is 11.8 Å². The van der Waals surface area contributed by atoms with Crippen LogP contribution in [0.15, 0.2) is 40.1 Å². The Morgan fingerprint density at radius 1 is 0.909 bits per heavy atom. The molecule has 0 aliphatic heterocycles. The van der Waals surface area contributed by atoms with E-state index in [4.69, 9.17) is 9.47 Å². The molecule has 0 bridgehead atoms. The molecule has 118 valence electrons. The Balaban J connectivity index is 2.37. The van der Waals surface area contributed by atoms with E-state index in [1.807, 2.05) is 0 Å². The van der Waals surface area contributed by atoms with Gasteiger partial charge in [-0.2, -0.15) is 0 Å². The van der Waals surface area contributed by atoms with E-state index in [2.05, 4.69) is 58.0 Å². The molecular weight excluding hydrogens is 292 g/mol. The standard InChI is InChI=1S/C19H24O2S/c1-12(2)17-11-16(7-8-18(17)21-6)22-19-13(3)9-15(20-5)10-14(19)4/h7-12H,1-6H3. The van der Waals surface area contributed by atoms with E-state index in [-0.39, 0.29) is 0 Å². The molecule has 0 radical (unpaired) electrons. The molecule has 0 N–H and O–H groups in total. The third-order valence-corrected chi connectivity index (χ3v) is 5.05. The van der Waals surface area contributed by atoms with Crippen molar-refractivity contribution in [2.24, 2.45) is 0 Å². The van der Waals surface area contributed by atoms with Crippen molar-refractivity contribution < 1.29 is 9.47 Å². The molecule has 2 aromatic carbocycles. The molecule has 0 saturated carbocycles. The highest BCUT2D eigenvalue weighted by Crippen LogP contribution is 2.38. The fourth-order valence-electron chi connectivity index (χ4n) is 2.53. The quantitative estimate of drug-likeness (QED) is 0.716. The van der Waals surface area contributed by atoms with Gasteiger partial charge in [-0.05, 0) is 66.8 Å². The number of aryl methyl sites for hydroxylation is 2. The predicted molar refractivity (Wildman–Crippen MR) is 93.7 cm³/mol. The van der Waals surface area contributed by atoms with E-state index in [0.29, 0.717) is 5.92 Å². The van der Waals surface area contributed by atoms with Crippen molar-refractivity contribution in [3.8, 4) is 11.5 Å². The highest BCUT2D eigenvalue weighted by Gasteiger charge is 2.12. The van der Waals surface area contributed by atoms with Crippen molar-refractivity contribution in [1.82, 2.24) is 0 Å². The van der Waals surface area contributed by atoms with E-state index in [9.17, 15) is 0 Å². The van der Waals surface area contributed by atoms with Crippen LogP contribution in [0.5, 0.6) is 11.5 Å². The van der Waals surface area contributed by atoms with Crippen molar-refractivity contribution >= 4 is 11.8 Å². The highest BCUT2D eigenvalue weighted by atomic mass is 32.2. The van der Waals surface area contributed by atoms with Crippen LogP contribution in [0.4, 0.5) is 0 Å². The van der Waals surface area contributed by atoms with Crippen molar-refractivity contribution in [3.63, 3.8) is 0 Å². The average Bonchev–Trinajstić information content (AvgIpc) is 2.50. The number of benzene rings is 2. The van der Waals surface area contributed by atoms with Gasteiger partial charge in [-0.25, -0.2) is 0 Å². The van der Waals surface area contributed by atoms with Gasteiger partial charge in [0, 0.05) is 9.79 Å². The normalized spacial score (nSPS) is 10.9. The monoisotopic (exact) mass is 316 g/mol. The van der Waals surface area contributed by atoms with Crippen LogP contribution in [0, 0.1) is 13.8 Å². The van der Waals surface area contributed by atoms with Crippen LogP contribution in [-0.2, 0) is 0 Å². The minimum atomic E-state index is 0.438. The summed E-state index contributed by atoms with van der Waals surface area (Å²) in [5.74, 6) is 2.31. The summed E-state index contributed by atoms with van der Waals surface area (Å²) in [6, 6.07) is 10.6. The third kappa shape index (κ3) is 3.58. The molecule has 0 amide bonds. The molecule has 0 heterocycles. The molecule has 0 saturated heterocycles. The fourth-order valence-corrected chi connectivity index (χ4v) is 3.53. The molecule has 0 aromatic heterocycles. The summed E-state index contributed by atoms with van der Waals surface area (Å²) in [6.45, 7) is 8.64. The van der Waals surface area contributed by atoms with Gasteiger partial charge in [-0.15, -0.1) is 0 Å². The maximum Gasteiger partial charge on any atom is 0.122 e. The van der Waals surface area contributed by atoms with Gasteiger partial charge in [0.15, 0.2) is 0 Å². The zero-order valence-corrected chi connectivity index (χ0v) is 15.0. The smallest absolute Gasteiger partial charge is 0.122 e. The van der Waals surface area contributed by atoms with E-state index in [1.165, 1.54) is 26.5 Å². The first-order valence-corrected chi connectivity index (χ1v) is 8.29. The van der Waals surface area contributed by atoms with Gasteiger partial charge in [0.25, 0.3) is 0 Å². The maximum atomic E-state index is 5.46. The van der Waals surface area contributed by atoms with Crippen molar-refractivity contribution in [1.29, 1.82) is 0 Å². The van der Waals surface area contributed by atoms with Gasteiger partial charge >= 0.3 is 0 Å². The second-order valence-electron chi connectivity index (χ2n) is 5.75. The zero-order chi connectivity index (χ0) is 16.3. The third-order valence-electron chi connectivity index (χ3n) is 3.71.